The molecule has 0 aromatic heterocycles. The van der Waals surface area contributed by atoms with Gasteiger partial charge in [0.1, 0.15) is 0 Å². The van der Waals surface area contributed by atoms with E-state index in [4.69, 9.17) is 4.74 Å². The Morgan fingerprint density at radius 2 is 1.95 bits per heavy atom. The molecule has 2 unspecified atom stereocenters. The Morgan fingerprint density at radius 1 is 1.32 bits per heavy atom. The molecule has 4 heteroatoms. The lowest BCUT2D eigenvalue weighted by atomic mass is 10.1. The predicted molar refractivity (Wildman–Crippen MR) is 76.6 cm³/mol. The van der Waals surface area contributed by atoms with Gasteiger partial charge >= 0.3 is 0 Å². The van der Waals surface area contributed by atoms with Crippen molar-refractivity contribution in [2.45, 2.75) is 33.0 Å². The number of carbonyl (C=O) groups excluding carboxylic acids is 1. The van der Waals surface area contributed by atoms with Crippen LogP contribution in [0, 0.1) is 6.92 Å². The fourth-order valence-corrected chi connectivity index (χ4v) is 2.57. The second-order valence-electron chi connectivity index (χ2n) is 5.27. The number of amides is 1. The minimum Gasteiger partial charge on any atom is -0.387 e. The lowest BCUT2D eigenvalue weighted by Gasteiger charge is -2.35. The number of hydrogen-bond acceptors (Lipinski definition) is 3. The number of anilines is 1. The molecule has 2 atom stereocenters. The van der Waals surface area contributed by atoms with Crippen LogP contribution < -0.4 is 5.32 Å². The second-order valence-corrected chi connectivity index (χ2v) is 5.27. The topological polar surface area (TPSA) is 41.6 Å². The van der Waals surface area contributed by atoms with E-state index in [0.717, 1.165) is 16.8 Å². The third-order valence-corrected chi connectivity index (χ3v) is 3.38. The van der Waals surface area contributed by atoms with Crippen LogP contribution in [0.1, 0.15) is 29.8 Å². The number of nitrogens with one attached hydrogen (secondary N) is 1. The number of aryl methyl sites for hydroxylation is 1. The molecule has 0 spiro atoms. The maximum absolute atomic E-state index is 12.6. The van der Waals surface area contributed by atoms with Crippen LogP contribution in [-0.4, -0.2) is 43.2 Å². The van der Waals surface area contributed by atoms with Crippen LogP contribution in [-0.2, 0) is 4.74 Å². The van der Waals surface area contributed by atoms with E-state index in [1.165, 1.54) is 0 Å². The van der Waals surface area contributed by atoms with Crippen molar-refractivity contribution in [3.05, 3.63) is 29.3 Å². The molecule has 1 aromatic rings. The van der Waals surface area contributed by atoms with E-state index in [1.807, 2.05) is 50.9 Å². The Morgan fingerprint density at radius 3 is 2.53 bits per heavy atom. The molecule has 2 rings (SSSR count). The first-order chi connectivity index (χ1) is 9.01. The average molecular weight is 262 g/mol. The van der Waals surface area contributed by atoms with Gasteiger partial charge in [-0.3, -0.25) is 4.79 Å². The summed E-state index contributed by atoms with van der Waals surface area (Å²) < 4.78 is 5.67. The van der Waals surface area contributed by atoms with Gasteiger partial charge in [-0.2, -0.15) is 0 Å². The Labute approximate surface area is 114 Å². The largest absolute Gasteiger partial charge is 0.387 e. The summed E-state index contributed by atoms with van der Waals surface area (Å²) in [5.41, 5.74) is 2.76. The fourth-order valence-electron chi connectivity index (χ4n) is 2.57. The highest BCUT2D eigenvalue weighted by Gasteiger charge is 2.27. The zero-order valence-electron chi connectivity index (χ0n) is 12.1. The van der Waals surface area contributed by atoms with Gasteiger partial charge in [0.05, 0.1) is 17.8 Å². The molecule has 0 saturated carbocycles. The molecule has 1 aromatic carbocycles. The third kappa shape index (κ3) is 3.07. The molecule has 1 fully saturated rings. The van der Waals surface area contributed by atoms with E-state index in [2.05, 4.69) is 5.32 Å². The highest BCUT2D eigenvalue weighted by molar-refractivity contribution is 5.99. The summed E-state index contributed by atoms with van der Waals surface area (Å²) in [5.74, 6) is 0.0753. The quantitative estimate of drug-likeness (QED) is 0.889. The molecular weight excluding hydrogens is 240 g/mol. The minimum absolute atomic E-state index is 0.0753. The van der Waals surface area contributed by atoms with Crippen molar-refractivity contribution in [1.29, 1.82) is 0 Å². The highest BCUT2D eigenvalue weighted by atomic mass is 16.5. The summed E-state index contributed by atoms with van der Waals surface area (Å²) in [7, 11) is 1.84. The number of morpholine rings is 1. The first-order valence-corrected chi connectivity index (χ1v) is 6.74. The summed E-state index contributed by atoms with van der Waals surface area (Å²) in [6.45, 7) is 7.34. The number of carbonyl (C=O) groups is 1. The van der Waals surface area contributed by atoms with E-state index in [-0.39, 0.29) is 18.1 Å². The van der Waals surface area contributed by atoms with Crippen molar-refractivity contribution in [2.24, 2.45) is 0 Å². The van der Waals surface area contributed by atoms with Gasteiger partial charge in [-0.25, -0.2) is 0 Å². The minimum atomic E-state index is 0.0753. The standard InChI is InChI=1S/C15H22N2O2/c1-10-5-6-13(14(7-10)16-4)15(18)17-8-11(2)19-12(3)9-17/h5-7,11-12,16H,8-9H2,1-4H3. The van der Waals surface area contributed by atoms with Gasteiger partial charge in [-0.1, -0.05) is 6.07 Å². The fraction of sp³-hybridized carbons (Fsp3) is 0.533. The Bertz CT molecular complexity index is 463. The molecule has 0 aliphatic carbocycles. The molecule has 1 amide bonds. The summed E-state index contributed by atoms with van der Waals surface area (Å²) >= 11 is 0. The monoisotopic (exact) mass is 262 g/mol. The van der Waals surface area contributed by atoms with E-state index in [9.17, 15) is 4.79 Å². The van der Waals surface area contributed by atoms with Crippen molar-refractivity contribution >= 4 is 11.6 Å². The molecular formula is C15H22N2O2. The van der Waals surface area contributed by atoms with Gasteiger partial charge in [0.2, 0.25) is 0 Å². The third-order valence-electron chi connectivity index (χ3n) is 3.38. The molecule has 1 heterocycles. The van der Waals surface area contributed by atoms with Crippen molar-refractivity contribution in [3.8, 4) is 0 Å². The highest BCUT2D eigenvalue weighted by Crippen LogP contribution is 2.21. The van der Waals surface area contributed by atoms with Gasteiger partial charge in [0.25, 0.3) is 5.91 Å². The molecule has 1 aliphatic heterocycles. The molecule has 1 saturated heterocycles. The van der Waals surface area contributed by atoms with Gasteiger partial charge < -0.3 is 15.0 Å². The molecule has 104 valence electrons. The van der Waals surface area contributed by atoms with Crippen LogP contribution >= 0.6 is 0 Å². The van der Waals surface area contributed by atoms with Crippen LogP contribution in [0.5, 0.6) is 0 Å². The van der Waals surface area contributed by atoms with Crippen molar-refractivity contribution in [3.63, 3.8) is 0 Å². The summed E-state index contributed by atoms with van der Waals surface area (Å²) in [6.07, 6.45) is 0.187. The maximum atomic E-state index is 12.6. The predicted octanol–water partition coefficient (Wildman–Crippen LogP) is 2.29. The maximum Gasteiger partial charge on any atom is 0.256 e. The van der Waals surface area contributed by atoms with Crippen LogP contribution in [0.2, 0.25) is 0 Å². The van der Waals surface area contributed by atoms with Crippen molar-refractivity contribution in [2.75, 3.05) is 25.5 Å². The Hall–Kier alpha value is -1.55. The van der Waals surface area contributed by atoms with Crippen LogP contribution in [0.4, 0.5) is 5.69 Å². The van der Waals surface area contributed by atoms with Gasteiger partial charge in [-0.05, 0) is 38.5 Å². The van der Waals surface area contributed by atoms with Crippen molar-refractivity contribution < 1.29 is 9.53 Å². The van der Waals surface area contributed by atoms with E-state index in [0.29, 0.717) is 13.1 Å². The Balaban J connectivity index is 2.24. The Kier molecular flexibility index (Phi) is 4.10. The van der Waals surface area contributed by atoms with E-state index < -0.39 is 0 Å². The molecule has 0 radical (unpaired) electrons. The van der Waals surface area contributed by atoms with Gasteiger partial charge in [0, 0.05) is 25.8 Å². The van der Waals surface area contributed by atoms with E-state index >= 15 is 0 Å². The average Bonchev–Trinajstić information content (AvgIpc) is 2.36. The molecule has 19 heavy (non-hydrogen) atoms. The van der Waals surface area contributed by atoms with Gasteiger partial charge in [-0.15, -0.1) is 0 Å². The lowest BCUT2D eigenvalue weighted by molar-refractivity contribution is -0.0585. The summed E-state index contributed by atoms with van der Waals surface area (Å²) in [4.78, 5) is 14.5. The molecule has 0 bridgehead atoms. The second kappa shape index (κ2) is 5.61. The van der Waals surface area contributed by atoms with Crippen LogP contribution in [0.25, 0.3) is 0 Å². The van der Waals surface area contributed by atoms with Crippen LogP contribution in [0.3, 0.4) is 0 Å². The zero-order chi connectivity index (χ0) is 14.0. The summed E-state index contributed by atoms with van der Waals surface area (Å²) in [5, 5.41) is 3.10. The zero-order valence-corrected chi connectivity index (χ0v) is 12.1. The van der Waals surface area contributed by atoms with Crippen molar-refractivity contribution in [1.82, 2.24) is 4.90 Å². The number of nitrogens with zero attached hydrogens (tertiary/aromatic N) is 1. The molecule has 1 N–H and O–H groups in total. The van der Waals surface area contributed by atoms with Gasteiger partial charge in [0.15, 0.2) is 0 Å². The summed E-state index contributed by atoms with van der Waals surface area (Å²) in [6, 6.07) is 5.87. The smallest absolute Gasteiger partial charge is 0.256 e. The van der Waals surface area contributed by atoms with E-state index in [1.54, 1.807) is 0 Å². The lowest BCUT2D eigenvalue weighted by Crippen LogP contribution is -2.48. The first-order valence-electron chi connectivity index (χ1n) is 6.74. The molecule has 1 aliphatic rings. The number of rotatable bonds is 2. The first kappa shape index (κ1) is 13.9. The number of ether oxygens (including phenoxy) is 1. The van der Waals surface area contributed by atoms with Crippen LogP contribution in [0.15, 0.2) is 18.2 Å². The SMILES string of the molecule is CNc1cc(C)ccc1C(=O)N1CC(C)OC(C)C1. The number of hydrogen-bond donors (Lipinski definition) is 1. The number of benzene rings is 1. The normalized spacial score (nSPS) is 23.3. The molecule has 4 nitrogen and oxygen atoms in total.